The second-order valence-corrected chi connectivity index (χ2v) is 4.72. The number of rotatable bonds is 2. The number of halogens is 1. The zero-order chi connectivity index (χ0) is 12.4. The van der Waals surface area contributed by atoms with E-state index in [1.54, 1.807) is 11.6 Å². The molecule has 0 spiro atoms. The standard InChI is InChI=1S/C14H14BrNO/c1-10-7-13(9-16(2)14(10)17)12-5-3-11(8-15)4-6-12/h3-7,9H,8H2,1-2H3. The summed E-state index contributed by atoms with van der Waals surface area (Å²) < 4.78 is 1.63. The fraction of sp³-hybridized carbons (Fsp3) is 0.214. The van der Waals surface area contributed by atoms with Crippen LogP contribution in [-0.2, 0) is 12.4 Å². The van der Waals surface area contributed by atoms with Crippen molar-refractivity contribution in [2.75, 3.05) is 0 Å². The maximum Gasteiger partial charge on any atom is 0.253 e. The van der Waals surface area contributed by atoms with Gasteiger partial charge in [-0.1, -0.05) is 40.2 Å². The predicted molar refractivity (Wildman–Crippen MR) is 74.5 cm³/mol. The van der Waals surface area contributed by atoms with Crippen molar-refractivity contribution in [3.8, 4) is 11.1 Å². The van der Waals surface area contributed by atoms with Crippen LogP contribution in [0, 0.1) is 6.92 Å². The van der Waals surface area contributed by atoms with Gasteiger partial charge in [-0.2, -0.15) is 0 Å². The van der Waals surface area contributed by atoms with Gasteiger partial charge in [-0.25, -0.2) is 0 Å². The van der Waals surface area contributed by atoms with Crippen LogP contribution in [0.5, 0.6) is 0 Å². The van der Waals surface area contributed by atoms with E-state index >= 15 is 0 Å². The zero-order valence-electron chi connectivity index (χ0n) is 9.90. The van der Waals surface area contributed by atoms with Crippen LogP contribution in [0.3, 0.4) is 0 Å². The van der Waals surface area contributed by atoms with Gasteiger partial charge in [0, 0.05) is 24.1 Å². The Morgan fingerprint density at radius 2 is 1.82 bits per heavy atom. The van der Waals surface area contributed by atoms with Crippen molar-refractivity contribution in [2.24, 2.45) is 7.05 Å². The normalized spacial score (nSPS) is 10.5. The first-order chi connectivity index (χ1) is 8.11. The highest BCUT2D eigenvalue weighted by Gasteiger charge is 2.02. The molecule has 0 radical (unpaired) electrons. The van der Waals surface area contributed by atoms with Gasteiger partial charge in [0.2, 0.25) is 0 Å². The van der Waals surface area contributed by atoms with Gasteiger partial charge in [0.05, 0.1) is 0 Å². The maximum absolute atomic E-state index is 11.6. The summed E-state index contributed by atoms with van der Waals surface area (Å²) in [6.07, 6.45) is 1.87. The number of hydrogen-bond acceptors (Lipinski definition) is 1. The second-order valence-electron chi connectivity index (χ2n) is 4.16. The van der Waals surface area contributed by atoms with E-state index in [1.165, 1.54) is 5.56 Å². The van der Waals surface area contributed by atoms with E-state index in [9.17, 15) is 4.79 Å². The molecule has 1 aromatic carbocycles. The van der Waals surface area contributed by atoms with Gasteiger partial charge in [0.25, 0.3) is 5.56 Å². The Balaban J connectivity index is 2.49. The summed E-state index contributed by atoms with van der Waals surface area (Å²) in [7, 11) is 1.78. The molecule has 0 aliphatic heterocycles. The Hall–Kier alpha value is -1.35. The number of alkyl halides is 1. The first kappa shape index (κ1) is 12.1. The van der Waals surface area contributed by atoms with Crippen LogP contribution in [0.15, 0.2) is 41.3 Å². The van der Waals surface area contributed by atoms with Crippen molar-refractivity contribution in [3.05, 3.63) is 58.0 Å². The van der Waals surface area contributed by atoms with Crippen molar-refractivity contribution >= 4 is 15.9 Å². The molecule has 2 rings (SSSR count). The van der Waals surface area contributed by atoms with Crippen LogP contribution in [0.4, 0.5) is 0 Å². The third-order valence-corrected chi connectivity index (χ3v) is 3.45. The Morgan fingerprint density at radius 3 is 2.35 bits per heavy atom. The molecule has 0 saturated heterocycles. The highest BCUT2D eigenvalue weighted by molar-refractivity contribution is 9.08. The molecule has 0 N–H and O–H groups in total. The van der Waals surface area contributed by atoms with Gasteiger partial charge in [0.1, 0.15) is 0 Å². The molecular weight excluding hydrogens is 278 g/mol. The maximum atomic E-state index is 11.6. The summed E-state index contributed by atoms with van der Waals surface area (Å²) in [6, 6.07) is 10.3. The highest BCUT2D eigenvalue weighted by Crippen LogP contribution is 2.20. The van der Waals surface area contributed by atoms with Crippen molar-refractivity contribution < 1.29 is 0 Å². The van der Waals surface area contributed by atoms with E-state index in [-0.39, 0.29) is 5.56 Å². The molecule has 88 valence electrons. The van der Waals surface area contributed by atoms with E-state index in [0.717, 1.165) is 22.0 Å². The first-order valence-corrected chi connectivity index (χ1v) is 6.56. The van der Waals surface area contributed by atoms with Crippen molar-refractivity contribution in [1.29, 1.82) is 0 Å². The molecule has 0 fully saturated rings. The molecule has 0 unspecified atom stereocenters. The molecule has 0 aliphatic rings. The molecule has 1 heterocycles. The quantitative estimate of drug-likeness (QED) is 0.779. The van der Waals surface area contributed by atoms with Gasteiger partial charge >= 0.3 is 0 Å². The molecule has 1 aromatic heterocycles. The summed E-state index contributed by atoms with van der Waals surface area (Å²) in [5.41, 5.74) is 4.29. The summed E-state index contributed by atoms with van der Waals surface area (Å²) in [6.45, 7) is 1.85. The molecule has 2 nitrogen and oxygen atoms in total. The first-order valence-electron chi connectivity index (χ1n) is 5.44. The van der Waals surface area contributed by atoms with Gasteiger partial charge in [-0.05, 0) is 29.7 Å². The van der Waals surface area contributed by atoms with Crippen LogP contribution in [0.2, 0.25) is 0 Å². The molecule has 0 amide bonds. The van der Waals surface area contributed by atoms with E-state index in [1.807, 2.05) is 19.2 Å². The third kappa shape index (κ3) is 2.50. The SMILES string of the molecule is Cc1cc(-c2ccc(CBr)cc2)cn(C)c1=O. The molecule has 2 aromatic rings. The fourth-order valence-electron chi connectivity index (χ4n) is 1.82. The van der Waals surface area contributed by atoms with Crippen molar-refractivity contribution in [2.45, 2.75) is 12.3 Å². The third-order valence-electron chi connectivity index (χ3n) is 2.80. The summed E-state index contributed by atoms with van der Waals surface area (Å²) in [5, 5.41) is 0.861. The largest absolute Gasteiger partial charge is 0.318 e. The molecule has 0 atom stereocenters. The number of hydrogen-bond donors (Lipinski definition) is 0. The number of aromatic nitrogens is 1. The predicted octanol–water partition coefficient (Wildman–Crippen LogP) is 3.26. The lowest BCUT2D eigenvalue weighted by Gasteiger charge is -2.06. The topological polar surface area (TPSA) is 22.0 Å². The van der Waals surface area contributed by atoms with Crippen LogP contribution in [0.25, 0.3) is 11.1 Å². The molecule has 17 heavy (non-hydrogen) atoms. The number of aryl methyl sites for hydroxylation is 2. The van der Waals surface area contributed by atoms with Gasteiger partial charge in [0.15, 0.2) is 0 Å². The summed E-state index contributed by atoms with van der Waals surface area (Å²) in [5.74, 6) is 0. The van der Waals surface area contributed by atoms with Gasteiger partial charge in [-0.3, -0.25) is 4.79 Å². The average molecular weight is 292 g/mol. The van der Waals surface area contributed by atoms with Gasteiger partial charge < -0.3 is 4.57 Å². The molecule has 0 aliphatic carbocycles. The minimum atomic E-state index is 0.0610. The minimum Gasteiger partial charge on any atom is -0.318 e. The van der Waals surface area contributed by atoms with E-state index in [4.69, 9.17) is 0 Å². The minimum absolute atomic E-state index is 0.0610. The zero-order valence-corrected chi connectivity index (χ0v) is 11.5. The lowest BCUT2D eigenvalue weighted by atomic mass is 10.0. The number of benzene rings is 1. The highest BCUT2D eigenvalue weighted by atomic mass is 79.9. The van der Waals surface area contributed by atoms with E-state index in [0.29, 0.717) is 0 Å². The molecular formula is C14H14BrNO. The molecule has 0 saturated carbocycles. The second kappa shape index (κ2) is 4.88. The summed E-state index contributed by atoms with van der Waals surface area (Å²) >= 11 is 3.43. The molecule has 0 bridgehead atoms. The number of nitrogens with zero attached hydrogens (tertiary/aromatic N) is 1. The smallest absolute Gasteiger partial charge is 0.253 e. The van der Waals surface area contributed by atoms with Crippen LogP contribution in [-0.4, -0.2) is 4.57 Å². The van der Waals surface area contributed by atoms with Crippen molar-refractivity contribution in [3.63, 3.8) is 0 Å². The van der Waals surface area contributed by atoms with E-state index < -0.39 is 0 Å². The van der Waals surface area contributed by atoms with Crippen molar-refractivity contribution in [1.82, 2.24) is 4.57 Å². The Kier molecular flexibility index (Phi) is 3.48. The Labute approximate surface area is 109 Å². The monoisotopic (exact) mass is 291 g/mol. The fourth-order valence-corrected chi connectivity index (χ4v) is 2.20. The van der Waals surface area contributed by atoms with E-state index in [2.05, 4.69) is 40.2 Å². The lowest BCUT2D eigenvalue weighted by Crippen LogP contribution is -2.18. The molecule has 3 heteroatoms. The van der Waals surface area contributed by atoms with Gasteiger partial charge in [-0.15, -0.1) is 0 Å². The Bertz CT molecular complexity index is 558. The summed E-state index contributed by atoms with van der Waals surface area (Å²) in [4.78, 5) is 11.6. The Morgan fingerprint density at radius 1 is 1.18 bits per heavy atom. The van der Waals surface area contributed by atoms with Crippen LogP contribution < -0.4 is 5.56 Å². The average Bonchev–Trinajstić information content (AvgIpc) is 2.35. The van der Waals surface area contributed by atoms with Crippen LogP contribution >= 0.6 is 15.9 Å². The number of pyridine rings is 1. The lowest BCUT2D eigenvalue weighted by molar-refractivity contribution is 0.850. The van der Waals surface area contributed by atoms with Crippen LogP contribution in [0.1, 0.15) is 11.1 Å².